The fraction of sp³-hybridized carbons (Fsp3) is 0.125. The summed E-state index contributed by atoms with van der Waals surface area (Å²) < 4.78 is 0. The molecule has 0 N–H and O–H groups in total. The van der Waals surface area contributed by atoms with E-state index in [1.54, 1.807) is 23.1 Å². The summed E-state index contributed by atoms with van der Waals surface area (Å²) in [5.74, 6) is 4.02. The molecule has 2 nitrogen and oxygen atoms in total. The predicted molar refractivity (Wildman–Crippen MR) is 92.2 cm³/mol. The van der Waals surface area contributed by atoms with Crippen LogP contribution in [0.3, 0.4) is 0 Å². The first-order valence-electron chi connectivity index (χ1n) is 6.27. The standard InChI is InChI=1S/C16H11ClN2S2/c1-3-8-20-15-14-13(11-4-6-12(17)7-5-11)9-21-16(14)19-10(2)18-15/h1,4-7,9H,8H2,2H3. The van der Waals surface area contributed by atoms with Gasteiger partial charge in [0.2, 0.25) is 0 Å². The number of halogens is 1. The van der Waals surface area contributed by atoms with Crippen molar-refractivity contribution in [2.24, 2.45) is 0 Å². The zero-order valence-corrected chi connectivity index (χ0v) is 13.6. The molecule has 0 bridgehead atoms. The number of terminal acetylenes is 1. The number of aromatic nitrogens is 2. The molecule has 0 atom stereocenters. The Kier molecular flexibility index (Phi) is 4.16. The van der Waals surface area contributed by atoms with Gasteiger partial charge in [0, 0.05) is 16.0 Å². The Morgan fingerprint density at radius 2 is 2.05 bits per heavy atom. The summed E-state index contributed by atoms with van der Waals surface area (Å²) in [5.41, 5.74) is 2.24. The lowest BCUT2D eigenvalue weighted by Crippen LogP contribution is -1.91. The maximum atomic E-state index is 5.96. The molecule has 104 valence electrons. The average molecular weight is 331 g/mol. The molecular weight excluding hydrogens is 320 g/mol. The van der Waals surface area contributed by atoms with E-state index < -0.39 is 0 Å². The molecule has 5 heteroatoms. The molecule has 0 saturated heterocycles. The van der Waals surface area contributed by atoms with Crippen molar-refractivity contribution >= 4 is 44.9 Å². The zero-order chi connectivity index (χ0) is 14.8. The Hall–Kier alpha value is -1.54. The van der Waals surface area contributed by atoms with Gasteiger partial charge in [-0.2, -0.15) is 0 Å². The molecule has 0 amide bonds. The highest BCUT2D eigenvalue weighted by Gasteiger charge is 2.14. The quantitative estimate of drug-likeness (QED) is 0.382. The van der Waals surface area contributed by atoms with Crippen molar-refractivity contribution in [2.75, 3.05) is 5.75 Å². The molecule has 21 heavy (non-hydrogen) atoms. The van der Waals surface area contributed by atoms with Gasteiger partial charge >= 0.3 is 0 Å². The Balaban J connectivity index is 2.20. The second-order valence-corrected chi connectivity index (χ2v) is 6.66. The first-order chi connectivity index (χ1) is 10.2. The van der Waals surface area contributed by atoms with Crippen LogP contribution in [0.15, 0.2) is 34.7 Å². The Morgan fingerprint density at radius 1 is 1.29 bits per heavy atom. The number of hydrogen-bond donors (Lipinski definition) is 0. The summed E-state index contributed by atoms with van der Waals surface area (Å²) in [7, 11) is 0. The molecule has 3 aromatic rings. The molecule has 1 aromatic carbocycles. The fourth-order valence-corrected chi connectivity index (χ4v) is 4.02. The Labute approximate surface area is 136 Å². The van der Waals surface area contributed by atoms with Gasteiger partial charge in [0.1, 0.15) is 15.7 Å². The number of thioether (sulfide) groups is 1. The largest absolute Gasteiger partial charge is 0.226 e. The Morgan fingerprint density at radius 3 is 2.76 bits per heavy atom. The van der Waals surface area contributed by atoms with E-state index in [9.17, 15) is 0 Å². The van der Waals surface area contributed by atoms with Crippen LogP contribution in [0, 0.1) is 19.3 Å². The minimum Gasteiger partial charge on any atom is -0.226 e. The number of hydrogen-bond acceptors (Lipinski definition) is 4. The van der Waals surface area contributed by atoms with E-state index in [1.807, 2.05) is 31.2 Å². The van der Waals surface area contributed by atoms with Crippen molar-refractivity contribution in [3.8, 4) is 23.5 Å². The zero-order valence-electron chi connectivity index (χ0n) is 11.3. The number of thiophene rings is 1. The van der Waals surface area contributed by atoms with Gasteiger partial charge in [0.25, 0.3) is 0 Å². The van der Waals surface area contributed by atoms with Crippen LogP contribution in [0.5, 0.6) is 0 Å². The molecule has 2 heterocycles. The SMILES string of the molecule is C#CCSc1nc(C)nc2scc(-c3ccc(Cl)cc3)c12. The highest BCUT2D eigenvalue weighted by Crippen LogP contribution is 2.38. The highest BCUT2D eigenvalue weighted by atomic mass is 35.5. The minimum absolute atomic E-state index is 0.599. The minimum atomic E-state index is 0.599. The van der Waals surface area contributed by atoms with E-state index in [-0.39, 0.29) is 0 Å². The van der Waals surface area contributed by atoms with Crippen LogP contribution < -0.4 is 0 Å². The predicted octanol–water partition coefficient (Wildman–Crippen LogP) is 5.05. The third-order valence-electron chi connectivity index (χ3n) is 2.96. The van der Waals surface area contributed by atoms with E-state index in [4.69, 9.17) is 18.0 Å². The average Bonchev–Trinajstić information content (AvgIpc) is 2.89. The number of aryl methyl sites for hydroxylation is 1. The number of fused-ring (bicyclic) bond motifs is 1. The van der Waals surface area contributed by atoms with Crippen molar-refractivity contribution in [1.29, 1.82) is 0 Å². The lowest BCUT2D eigenvalue weighted by Gasteiger charge is -2.05. The fourth-order valence-electron chi connectivity index (χ4n) is 2.07. The summed E-state index contributed by atoms with van der Waals surface area (Å²) in [5, 5.41) is 4.87. The van der Waals surface area contributed by atoms with Crippen LogP contribution in [0.1, 0.15) is 5.82 Å². The summed E-state index contributed by atoms with van der Waals surface area (Å²) in [6.07, 6.45) is 5.37. The molecule has 0 fully saturated rings. The van der Waals surface area contributed by atoms with Gasteiger partial charge in [-0.25, -0.2) is 9.97 Å². The third kappa shape index (κ3) is 2.91. The van der Waals surface area contributed by atoms with Crippen molar-refractivity contribution in [3.05, 3.63) is 40.5 Å². The number of rotatable bonds is 3. The van der Waals surface area contributed by atoms with E-state index >= 15 is 0 Å². The Bertz CT molecular complexity index is 832. The van der Waals surface area contributed by atoms with Crippen LogP contribution in [-0.2, 0) is 0 Å². The molecule has 0 unspecified atom stereocenters. The number of nitrogens with zero attached hydrogens (tertiary/aromatic N) is 2. The van der Waals surface area contributed by atoms with E-state index in [1.165, 1.54) is 0 Å². The lowest BCUT2D eigenvalue weighted by atomic mass is 10.1. The van der Waals surface area contributed by atoms with Crippen molar-refractivity contribution in [2.45, 2.75) is 11.9 Å². The van der Waals surface area contributed by atoms with E-state index in [2.05, 4.69) is 21.3 Å². The molecule has 0 aliphatic carbocycles. The van der Waals surface area contributed by atoms with Crippen LogP contribution in [0.25, 0.3) is 21.3 Å². The van der Waals surface area contributed by atoms with Crippen molar-refractivity contribution in [3.63, 3.8) is 0 Å². The van der Waals surface area contributed by atoms with Gasteiger partial charge in [-0.05, 0) is 24.6 Å². The molecule has 0 spiro atoms. The topological polar surface area (TPSA) is 25.8 Å². The van der Waals surface area contributed by atoms with Crippen LogP contribution in [0.4, 0.5) is 0 Å². The van der Waals surface area contributed by atoms with Gasteiger partial charge in [-0.3, -0.25) is 0 Å². The molecule has 0 aliphatic heterocycles. The second kappa shape index (κ2) is 6.07. The summed E-state index contributed by atoms with van der Waals surface area (Å²) in [6.45, 7) is 1.90. The first kappa shape index (κ1) is 14.4. The van der Waals surface area contributed by atoms with Gasteiger partial charge in [-0.1, -0.05) is 41.4 Å². The normalized spacial score (nSPS) is 10.7. The summed E-state index contributed by atoms with van der Waals surface area (Å²) in [4.78, 5) is 10.1. The van der Waals surface area contributed by atoms with Gasteiger partial charge in [-0.15, -0.1) is 17.8 Å². The molecule has 0 radical (unpaired) electrons. The van der Waals surface area contributed by atoms with Gasteiger partial charge in [0.05, 0.1) is 11.1 Å². The van der Waals surface area contributed by atoms with Crippen molar-refractivity contribution in [1.82, 2.24) is 9.97 Å². The summed E-state index contributed by atoms with van der Waals surface area (Å²) >= 11 is 9.16. The van der Waals surface area contributed by atoms with E-state index in [0.29, 0.717) is 5.75 Å². The molecule has 3 rings (SSSR count). The molecule has 0 aliphatic rings. The number of benzene rings is 1. The van der Waals surface area contributed by atoms with Crippen LogP contribution >= 0.6 is 34.7 Å². The van der Waals surface area contributed by atoms with Gasteiger partial charge in [0.15, 0.2) is 0 Å². The van der Waals surface area contributed by atoms with Crippen LogP contribution in [-0.4, -0.2) is 15.7 Å². The monoisotopic (exact) mass is 330 g/mol. The molecular formula is C16H11ClN2S2. The maximum Gasteiger partial charge on any atom is 0.128 e. The third-order valence-corrected chi connectivity index (χ3v) is 4.96. The molecule has 0 saturated carbocycles. The lowest BCUT2D eigenvalue weighted by molar-refractivity contribution is 1.02. The summed E-state index contributed by atoms with van der Waals surface area (Å²) in [6, 6.07) is 7.81. The van der Waals surface area contributed by atoms with Crippen molar-refractivity contribution < 1.29 is 0 Å². The van der Waals surface area contributed by atoms with Gasteiger partial charge < -0.3 is 0 Å². The molecule has 2 aromatic heterocycles. The maximum absolute atomic E-state index is 5.96. The highest BCUT2D eigenvalue weighted by molar-refractivity contribution is 7.99. The first-order valence-corrected chi connectivity index (χ1v) is 8.51. The van der Waals surface area contributed by atoms with Crippen LogP contribution in [0.2, 0.25) is 5.02 Å². The second-order valence-electron chi connectivity index (χ2n) is 4.41. The smallest absolute Gasteiger partial charge is 0.128 e. The van der Waals surface area contributed by atoms with E-state index in [0.717, 1.165) is 37.2 Å².